The molecule has 1 amide bonds. The van der Waals surface area contributed by atoms with Crippen molar-refractivity contribution in [1.29, 1.82) is 0 Å². The number of allylic oxidation sites excluding steroid dienone is 3. The minimum absolute atomic E-state index is 0.0410. The number of ether oxygens (including phenoxy) is 1. The van der Waals surface area contributed by atoms with Gasteiger partial charge in [0.15, 0.2) is 6.61 Å². The molecule has 2 aromatic rings. The fourth-order valence-corrected chi connectivity index (χ4v) is 2.72. The van der Waals surface area contributed by atoms with Crippen LogP contribution in [0.3, 0.4) is 0 Å². The topological polar surface area (TPSA) is 107 Å². The highest BCUT2D eigenvalue weighted by molar-refractivity contribution is 5.93. The van der Waals surface area contributed by atoms with E-state index in [1.165, 1.54) is 0 Å². The van der Waals surface area contributed by atoms with E-state index in [4.69, 9.17) is 22.0 Å². The van der Waals surface area contributed by atoms with Gasteiger partial charge in [0, 0.05) is 24.9 Å². The summed E-state index contributed by atoms with van der Waals surface area (Å²) in [6.45, 7) is 13.4. The molecule has 0 aliphatic rings. The Morgan fingerprint density at radius 1 is 1.42 bits per heavy atom. The number of nitrogens with two attached hydrogens (primary N) is 1. The van der Waals surface area contributed by atoms with E-state index in [0.717, 1.165) is 22.3 Å². The SMILES string of the molecule is C#CCC=C.C/C=C(\C)Cn1c(C)c(CC(N)=O)c2c(OCC(=O)O)nccc21.CC. The summed E-state index contributed by atoms with van der Waals surface area (Å²) in [7, 11) is 0. The molecular formula is C24H33N3O4. The van der Waals surface area contributed by atoms with Gasteiger partial charge in [-0.25, -0.2) is 9.78 Å². The van der Waals surface area contributed by atoms with Gasteiger partial charge in [0.25, 0.3) is 0 Å². The van der Waals surface area contributed by atoms with Crippen molar-refractivity contribution in [3.63, 3.8) is 0 Å². The maximum atomic E-state index is 11.5. The number of primary amides is 1. The fourth-order valence-electron chi connectivity index (χ4n) is 2.72. The highest BCUT2D eigenvalue weighted by Gasteiger charge is 2.20. The van der Waals surface area contributed by atoms with Crippen molar-refractivity contribution in [1.82, 2.24) is 9.55 Å². The molecule has 2 aromatic heterocycles. The van der Waals surface area contributed by atoms with Crippen LogP contribution < -0.4 is 10.5 Å². The van der Waals surface area contributed by atoms with Crippen LogP contribution in [0.1, 0.15) is 45.4 Å². The maximum Gasteiger partial charge on any atom is 0.341 e. The van der Waals surface area contributed by atoms with Gasteiger partial charge in [-0.2, -0.15) is 0 Å². The molecule has 31 heavy (non-hydrogen) atoms. The molecule has 0 atom stereocenters. The number of terminal acetylenes is 1. The van der Waals surface area contributed by atoms with Gasteiger partial charge in [-0.15, -0.1) is 18.9 Å². The van der Waals surface area contributed by atoms with E-state index in [-0.39, 0.29) is 12.3 Å². The molecule has 7 heteroatoms. The number of hydrogen-bond donors (Lipinski definition) is 2. The second kappa shape index (κ2) is 14.5. The van der Waals surface area contributed by atoms with Gasteiger partial charge < -0.3 is 20.1 Å². The number of hydrogen-bond acceptors (Lipinski definition) is 4. The average molecular weight is 428 g/mol. The molecule has 0 saturated heterocycles. The van der Waals surface area contributed by atoms with Gasteiger partial charge >= 0.3 is 5.97 Å². The van der Waals surface area contributed by atoms with Crippen molar-refractivity contribution >= 4 is 22.8 Å². The first-order valence-corrected chi connectivity index (χ1v) is 10.0. The van der Waals surface area contributed by atoms with Gasteiger partial charge in [-0.1, -0.05) is 31.6 Å². The number of carbonyl (C=O) groups excluding carboxylic acids is 1. The second-order valence-electron chi connectivity index (χ2n) is 6.32. The third kappa shape index (κ3) is 8.39. The number of aliphatic carboxylic acids is 1. The zero-order valence-electron chi connectivity index (χ0n) is 19.1. The molecule has 2 heterocycles. The van der Waals surface area contributed by atoms with Crippen molar-refractivity contribution in [3.05, 3.63) is 47.8 Å². The lowest BCUT2D eigenvalue weighted by atomic mass is 10.1. The van der Waals surface area contributed by atoms with Crippen LogP contribution in [-0.2, 0) is 22.6 Å². The fraction of sp³-hybridized carbons (Fsp3) is 0.375. The van der Waals surface area contributed by atoms with Crippen molar-refractivity contribution in [3.8, 4) is 18.2 Å². The van der Waals surface area contributed by atoms with Crippen LogP contribution in [0.5, 0.6) is 5.88 Å². The normalized spacial score (nSPS) is 10.1. The number of fused-ring (bicyclic) bond motifs is 1. The molecule has 0 radical (unpaired) electrons. The molecule has 3 N–H and O–H groups in total. The van der Waals surface area contributed by atoms with Crippen LogP contribution >= 0.6 is 0 Å². The monoisotopic (exact) mass is 427 g/mol. The standard InChI is InChI=1S/C17H21N3O4.C5H6.C2H6/c1-4-10(2)8-20-11(3)12(7-14(18)21)16-13(20)5-6-19-17(16)24-9-15(22)23;1-3-5-4-2;1-2/h4-6H,7-9H2,1-3H3,(H2,18,21)(H,22,23);1,4H,2,5H2;1-2H3/b10-4+;;. The van der Waals surface area contributed by atoms with Gasteiger partial charge in [-0.3, -0.25) is 4.79 Å². The van der Waals surface area contributed by atoms with Crippen LogP contribution in [0.25, 0.3) is 10.9 Å². The van der Waals surface area contributed by atoms with E-state index in [0.29, 0.717) is 18.4 Å². The molecular weight excluding hydrogens is 394 g/mol. The molecule has 0 saturated carbocycles. The van der Waals surface area contributed by atoms with Crippen molar-refractivity contribution < 1.29 is 19.4 Å². The summed E-state index contributed by atoms with van der Waals surface area (Å²) < 4.78 is 7.37. The van der Waals surface area contributed by atoms with E-state index >= 15 is 0 Å². The van der Waals surface area contributed by atoms with Gasteiger partial charge in [0.1, 0.15) is 0 Å². The van der Waals surface area contributed by atoms with Crippen molar-refractivity contribution in [2.75, 3.05) is 6.61 Å². The molecule has 0 aliphatic heterocycles. The summed E-state index contributed by atoms with van der Waals surface area (Å²) in [5, 5.41) is 9.47. The largest absolute Gasteiger partial charge is 0.479 e. The Balaban J connectivity index is 0.00000113. The molecule has 0 bridgehead atoms. The summed E-state index contributed by atoms with van der Waals surface area (Å²) in [4.78, 5) is 26.4. The zero-order chi connectivity index (χ0) is 24.0. The predicted molar refractivity (Wildman–Crippen MR) is 125 cm³/mol. The lowest BCUT2D eigenvalue weighted by Crippen LogP contribution is -2.15. The van der Waals surface area contributed by atoms with Gasteiger partial charge in [0.05, 0.1) is 17.3 Å². The first-order valence-electron chi connectivity index (χ1n) is 10.0. The van der Waals surface area contributed by atoms with E-state index in [1.54, 1.807) is 12.3 Å². The Morgan fingerprint density at radius 2 is 2.06 bits per heavy atom. The molecule has 7 nitrogen and oxygen atoms in total. The Kier molecular flexibility index (Phi) is 12.8. The number of rotatable bonds is 8. The highest BCUT2D eigenvalue weighted by atomic mass is 16.5. The van der Waals surface area contributed by atoms with Crippen molar-refractivity contribution in [2.45, 2.75) is 54.0 Å². The van der Waals surface area contributed by atoms with Crippen LogP contribution in [0, 0.1) is 19.3 Å². The van der Waals surface area contributed by atoms with Crippen LogP contribution in [0.2, 0.25) is 0 Å². The van der Waals surface area contributed by atoms with Gasteiger partial charge in [0.2, 0.25) is 11.8 Å². The smallest absolute Gasteiger partial charge is 0.341 e. The predicted octanol–water partition coefficient (Wildman–Crippen LogP) is 4.02. The maximum absolute atomic E-state index is 11.5. The molecule has 168 valence electrons. The highest BCUT2D eigenvalue weighted by Crippen LogP contribution is 2.33. The second-order valence-corrected chi connectivity index (χ2v) is 6.32. The average Bonchev–Trinajstić information content (AvgIpc) is 3.00. The van der Waals surface area contributed by atoms with E-state index < -0.39 is 18.5 Å². The molecule has 0 unspecified atom stereocenters. The van der Waals surface area contributed by atoms with Crippen LogP contribution in [0.4, 0.5) is 0 Å². The van der Waals surface area contributed by atoms with Gasteiger partial charge in [-0.05, 0) is 32.4 Å². The number of nitrogens with zero attached hydrogens (tertiary/aromatic N) is 2. The number of amides is 1. The molecule has 0 spiro atoms. The lowest BCUT2D eigenvalue weighted by Gasteiger charge is -2.09. The number of aromatic nitrogens is 2. The Morgan fingerprint density at radius 3 is 2.52 bits per heavy atom. The first kappa shape index (κ1) is 27.5. The first-order chi connectivity index (χ1) is 14.8. The minimum atomic E-state index is -1.09. The Bertz CT molecular complexity index is 965. The Labute approximate surface area is 184 Å². The zero-order valence-corrected chi connectivity index (χ0v) is 19.1. The van der Waals surface area contributed by atoms with E-state index in [2.05, 4.69) is 22.1 Å². The summed E-state index contributed by atoms with van der Waals surface area (Å²) in [6, 6.07) is 1.82. The number of carboxylic acids is 1. The lowest BCUT2D eigenvalue weighted by molar-refractivity contribution is -0.139. The third-order valence-electron chi connectivity index (χ3n) is 4.17. The van der Waals surface area contributed by atoms with Crippen molar-refractivity contribution in [2.24, 2.45) is 5.73 Å². The number of pyridine rings is 1. The summed E-state index contributed by atoms with van der Waals surface area (Å²) in [5.41, 5.74) is 8.97. The van der Waals surface area contributed by atoms with Crippen LogP contribution in [0.15, 0.2) is 36.6 Å². The Hall–Kier alpha value is -3.53. The summed E-state index contributed by atoms with van der Waals surface area (Å²) in [6.07, 6.45) is 10.8. The minimum Gasteiger partial charge on any atom is -0.479 e. The molecule has 0 aromatic carbocycles. The number of carboxylic acid groups (broad SMARTS) is 1. The molecule has 0 aliphatic carbocycles. The summed E-state index contributed by atoms with van der Waals surface area (Å²) >= 11 is 0. The third-order valence-corrected chi connectivity index (χ3v) is 4.17. The quantitative estimate of drug-likeness (QED) is 0.489. The van der Waals surface area contributed by atoms with E-state index in [9.17, 15) is 9.59 Å². The van der Waals surface area contributed by atoms with Crippen LogP contribution in [-0.4, -0.2) is 33.1 Å². The summed E-state index contributed by atoms with van der Waals surface area (Å²) in [5.74, 6) is 1.04. The molecule has 0 fully saturated rings. The number of carbonyl (C=O) groups is 2. The molecule has 2 rings (SSSR count). The van der Waals surface area contributed by atoms with E-state index in [1.807, 2.05) is 46.8 Å².